The number of nitrogens with zero attached hydrogens (tertiary/aromatic N) is 2. The highest BCUT2D eigenvalue weighted by atomic mass is 16.2. The Hall–Kier alpha value is -2.63. The number of carbonyl (C=O) groups excluding carboxylic acids is 2. The van der Waals surface area contributed by atoms with E-state index in [2.05, 4.69) is 15.5 Å². The van der Waals surface area contributed by atoms with E-state index in [0.29, 0.717) is 12.1 Å². The smallest absolute Gasteiger partial charge is 0.258 e. The van der Waals surface area contributed by atoms with Gasteiger partial charge < -0.3 is 10.2 Å². The Labute approximate surface area is 128 Å². The maximum Gasteiger partial charge on any atom is 0.258 e. The number of benzene rings is 1. The number of hydrogen-bond donors (Lipinski definition) is 2. The van der Waals surface area contributed by atoms with Gasteiger partial charge in [-0.3, -0.25) is 14.7 Å². The summed E-state index contributed by atoms with van der Waals surface area (Å²) in [6.07, 6.45) is 3.03. The highest BCUT2D eigenvalue weighted by Crippen LogP contribution is 2.27. The Morgan fingerprint density at radius 1 is 1.36 bits per heavy atom. The molecule has 2 aromatic rings. The Morgan fingerprint density at radius 3 is 2.82 bits per heavy atom. The van der Waals surface area contributed by atoms with Crippen molar-refractivity contribution in [2.24, 2.45) is 5.92 Å². The van der Waals surface area contributed by atoms with E-state index in [-0.39, 0.29) is 17.7 Å². The van der Waals surface area contributed by atoms with E-state index in [9.17, 15) is 9.59 Å². The van der Waals surface area contributed by atoms with Crippen LogP contribution in [0.3, 0.4) is 0 Å². The summed E-state index contributed by atoms with van der Waals surface area (Å²) in [7, 11) is 0. The summed E-state index contributed by atoms with van der Waals surface area (Å²) in [5.74, 6) is -0.346. The zero-order valence-electron chi connectivity index (χ0n) is 12.5. The van der Waals surface area contributed by atoms with Crippen LogP contribution in [0.15, 0.2) is 36.7 Å². The van der Waals surface area contributed by atoms with Crippen molar-refractivity contribution >= 4 is 17.5 Å². The van der Waals surface area contributed by atoms with E-state index in [1.807, 2.05) is 38.1 Å². The van der Waals surface area contributed by atoms with Crippen molar-refractivity contribution in [3.63, 3.8) is 0 Å². The van der Waals surface area contributed by atoms with Crippen molar-refractivity contribution in [1.82, 2.24) is 15.1 Å². The van der Waals surface area contributed by atoms with Gasteiger partial charge in [0.1, 0.15) is 6.04 Å². The number of rotatable bonds is 2. The number of aromatic nitrogens is 2. The van der Waals surface area contributed by atoms with Crippen LogP contribution in [-0.4, -0.2) is 33.0 Å². The lowest BCUT2D eigenvalue weighted by atomic mass is 10.0. The molecule has 2 amide bonds. The number of anilines is 1. The third-order valence-electron chi connectivity index (χ3n) is 3.86. The second-order valence-corrected chi connectivity index (χ2v) is 5.76. The number of fused-ring (bicyclic) bond motifs is 1. The molecule has 1 aliphatic heterocycles. The third kappa shape index (κ3) is 2.47. The number of H-pyrrole nitrogens is 1. The van der Waals surface area contributed by atoms with Crippen molar-refractivity contribution in [1.29, 1.82) is 0 Å². The van der Waals surface area contributed by atoms with Crippen molar-refractivity contribution in [3.8, 4) is 0 Å². The summed E-state index contributed by atoms with van der Waals surface area (Å²) >= 11 is 0. The van der Waals surface area contributed by atoms with Crippen LogP contribution >= 0.6 is 0 Å². The number of nitrogens with one attached hydrogen (secondary N) is 2. The number of carbonyl (C=O) groups is 2. The van der Waals surface area contributed by atoms with E-state index >= 15 is 0 Å². The first-order chi connectivity index (χ1) is 10.6. The standard InChI is InChI=1S/C16H18N4O2/c1-10(2)14-15(21)19-13-6-4-3-5-11(13)9-20(14)16(22)12-7-17-18-8-12/h3-8,10,14H,9H2,1-2H3,(H,17,18)(H,19,21)/t14-/m0/s1. The molecule has 6 heteroatoms. The van der Waals surface area contributed by atoms with Crippen LogP contribution in [0.1, 0.15) is 29.8 Å². The van der Waals surface area contributed by atoms with Crippen LogP contribution in [0.4, 0.5) is 5.69 Å². The van der Waals surface area contributed by atoms with Gasteiger partial charge in [-0.2, -0.15) is 5.10 Å². The number of hydrogen-bond acceptors (Lipinski definition) is 3. The second-order valence-electron chi connectivity index (χ2n) is 5.76. The van der Waals surface area contributed by atoms with Gasteiger partial charge in [-0.15, -0.1) is 0 Å². The predicted molar refractivity (Wildman–Crippen MR) is 82.2 cm³/mol. The molecule has 0 aliphatic carbocycles. The highest BCUT2D eigenvalue weighted by Gasteiger charge is 2.36. The zero-order chi connectivity index (χ0) is 15.7. The minimum atomic E-state index is -0.519. The molecule has 0 radical (unpaired) electrons. The molecule has 114 valence electrons. The van der Waals surface area contributed by atoms with Gasteiger partial charge in [0.15, 0.2) is 0 Å². The monoisotopic (exact) mass is 298 g/mol. The van der Waals surface area contributed by atoms with Crippen LogP contribution in [0.5, 0.6) is 0 Å². The Balaban J connectivity index is 2.03. The average Bonchev–Trinajstić information content (AvgIpc) is 2.96. The topological polar surface area (TPSA) is 78.1 Å². The second kappa shape index (κ2) is 5.63. The molecular formula is C16H18N4O2. The van der Waals surface area contributed by atoms with Crippen LogP contribution in [0, 0.1) is 5.92 Å². The molecule has 3 rings (SSSR count). The number of para-hydroxylation sites is 1. The minimum absolute atomic E-state index is 0.00478. The molecule has 0 saturated heterocycles. The first-order valence-corrected chi connectivity index (χ1v) is 7.26. The van der Waals surface area contributed by atoms with Gasteiger partial charge in [0, 0.05) is 18.4 Å². The van der Waals surface area contributed by atoms with Gasteiger partial charge in [0.2, 0.25) is 5.91 Å². The van der Waals surface area contributed by atoms with Crippen molar-refractivity contribution < 1.29 is 9.59 Å². The molecule has 2 N–H and O–H groups in total. The summed E-state index contributed by atoms with van der Waals surface area (Å²) < 4.78 is 0. The van der Waals surface area contributed by atoms with Gasteiger partial charge >= 0.3 is 0 Å². The third-order valence-corrected chi connectivity index (χ3v) is 3.86. The normalized spacial score (nSPS) is 17.9. The summed E-state index contributed by atoms with van der Waals surface area (Å²) in [5, 5.41) is 9.39. The fourth-order valence-electron chi connectivity index (χ4n) is 2.80. The van der Waals surface area contributed by atoms with E-state index in [1.54, 1.807) is 11.1 Å². The summed E-state index contributed by atoms with van der Waals surface area (Å²) in [4.78, 5) is 27.0. The van der Waals surface area contributed by atoms with Crippen molar-refractivity contribution in [2.75, 3.05) is 5.32 Å². The molecular weight excluding hydrogens is 280 g/mol. The fourth-order valence-corrected chi connectivity index (χ4v) is 2.80. The largest absolute Gasteiger partial charge is 0.324 e. The average molecular weight is 298 g/mol. The van der Waals surface area contributed by atoms with E-state index < -0.39 is 6.04 Å². The molecule has 0 fully saturated rings. The molecule has 6 nitrogen and oxygen atoms in total. The Kier molecular flexibility index (Phi) is 3.66. The Morgan fingerprint density at radius 2 is 2.14 bits per heavy atom. The molecule has 0 spiro atoms. The first-order valence-electron chi connectivity index (χ1n) is 7.26. The van der Waals surface area contributed by atoms with E-state index in [4.69, 9.17) is 0 Å². The van der Waals surface area contributed by atoms with Crippen molar-refractivity contribution in [2.45, 2.75) is 26.4 Å². The van der Waals surface area contributed by atoms with Gasteiger partial charge in [-0.25, -0.2) is 0 Å². The van der Waals surface area contributed by atoms with Gasteiger partial charge in [0.05, 0.1) is 11.8 Å². The van der Waals surface area contributed by atoms with Crippen molar-refractivity contribution in [3.05, 3.63) is 47.8 Å². The van der Waals surface area contributed by atoms with Crippen LogP contribution in [-0.2, 0) is 11.3 Å². The SMILES string of the molecule is CC(C)[C@H]1C(=O)Nc2ccccc2CN1C(=O)c1cn[nH]c1. The molecule has 1 aromatic carbocycles. The Bertz CT molecular complexity index is 694. The number of amides is 2. The molecule has 0 saturated carbocycles. The quantitative estimate of drug-likeness (QED) is 0.890. The van der Waals surface area contributed by atoms with Crippen LogP contribution in [0.2, 0.25) is 0 Å². The van der Waals surface area contributed by atoms with Gasteiger partial charge in [0.25, 0.3) is 5.91 Å². The highest BCUT2D eigenvalue weighted by molar-refractivity contribution is 6.02. The maximum absolute atomic E-state index is 12.8. The summed E-state index contributed by atoms with van der Waals surface area (Å²) in [5.41, 5.74) is 2.15. The van der Waals surface area contributed by atoms with Crippen LogP contribution < -0.4 is 5.32 Å². The molecule has 0 bridgehead atoms. The molecule has 1 aromatic heterocycles. The molecule has 0 unspecified atom stereocenters. The van der Waals surface area contributed by atoms with E-state index in [0.717, 1.165) is 11.3 Å². The minimum Gasteiger partial charge on any atom is -0.324 e. The van der Waals surface area contributed by atoms with E-state index in [1.165, 1.54) is 6.20 Å². The molecule has 22 heavy (non-hydrogen) atoms. The lowest BCUT2D eigenvalue weighted by Gasteiger charge is -2.30. The van der Waals surface area contributed by atoms with Gasteiger partial charge in [-0.1, -0.05) is 32.0 Å². The molecule has 2 heterocycles. The maximum atomic E-state index is 12.8. The van der Waals surface area contributed by atoms with Crippen LogP contribution in [0.25, 0.3) is 0 Å². The molecule has 1 aliphatic rings. The summed E-state index contributed by atoms with van der Waals surface area (Å²) in [6.45, 7) is 4.27. The lowest BCUT2D eigenvalue weighted by molar-refractivity contribution is -0.121. The fraction of sp³-hybridized carbons (Fsp3) is 0.312. The number of aromatic amines is 1. The predicted octanol–water partition coefficient (Wildman–Crippen LogP) is 2.03. The molecule has 1 atom stereocenters. The summed E-state index contributed by atoms with van der Waals surface area (Å²) in [6, 6.07) is 7.04. The zero-order valence-corrected chi connectivity index (χ0v) is 12.5. The first kappa shape index (κ1) is 14.3. The lowest BCUT2D eigenvalue weighted by Crippen LogP contribution is -2.48. The van der Waals surface area contributed by atoms with Gasteiger partial charge in [-0.05, 0) is 17.5 Å².